The number of thiazole rings is 1. The molecule has 0 unspecified atom stereocenters. The first-order valence-electron chi connectivity index (χ1n) is 11.9. The van der Waals surface area contributed by atoms with Gasteiger partial charge in [0.25, 0.3) is 0 Å². The highest BCUT2D eigenvalue weighted by molar-refractivity contribution is 7.13. The summed E-state index contributed by atoms with van der Waals surface area (Å²) < 4.78 is 0. The van der Waals surface area contributed by atoms with Crippen LogP contribution in [0.15, 0.2) is 78.2 Å². The summed E-state index contributed by atoms with van der Waals surface area (Å²) in [6, 6.07) is 24.8. The van der Waals surface area contributed by atoms with Gasteiger partial charge in [-0.05, 0) is 52.8 Å². The quantitative estimate of drug-likeness (QED) is 0.346. The first-order chi connectivity index (χ1) is 17.0. The average molecular weight is 484 g/mol. The molecule has 0 aliphatic carbocycles. The predicted octanol–water partition coefficient (Wildman–Crippen LogP) is 5.75. The summed E-state index contributed by atoms with van der Waals surface area (Å²) in [5.74, 6) is -0.871. The number of carboxylic acid groups (broad SMARTS) is 1. The summed E-state index contributed by atoms with van der Waals surface area (Å²) in [7, 11) is 2.10. The van der Waals surface area contributed by atoms with E-state index in [0.717, 1.165) is 55.4 Å². The number of nitrogens with zero attached hydrogens (tertiary/aromatic N) is 3. The second kappa shape index (κ2) is 10.4. The minimum atomic E-state index is -0.871. The van der Waals surface area contributed by atoms with Crippen LogP contribution >= 0.6 is 11.3 Å². The number of fused-ring (bicyclic) bond motifs is 1. The molecule has 0 saturated heterocycles. The first-order valence-corrected chi connectivity index (χ1v) is 12.8. The summed E-state index contributed by atoms with van der Waals surface area (Å²) in [5, 5.41) is 12.5. The Morgan fingerprint density at radius 3 is 2.57 bits per heavy atom. The molecule has 2 heterocycles. The van der Waals surface area contributed by atoms with Crippen molar-refractivity contribution in [3.8, 4) is 11.1 Å². The minimum Gasteiger partial charge on any atom is -0.478 e. The summed E-state index contributed by atoms with van der Waals surface area (Å²) >= 11 is 1.68. The molecule has 1 N–H and O–H groups in total. The lowest BCUT2D eigenvalue weighted by Crippen LogP contribution is -2.30. The Morgan fingerprint density at radius 1 is 1.03 bits per heavy atom. The van der Waals surface area contributed by atoms with Gasteiger partial charge in [-0.3, -0.25) is 4.90 Å². The van der Waals surface area contributed by atoms with Gasteiger partial charge in [0.2, 0.25) is 0 Å². The Morgan fingerprint density at radius 2 is 1.80 bits per heavy atom. The SMILES string of the molecule is CN(CCc1ccc(-c2ccccc2)cc1)c1nc(CN2CCc3ccc(C(=O)O)cc3C2)cs1. The molecule has 178 valence electrons. The van der Waals surface area contributed by atoms with E-state index in [1.54, 1.807) is 17.4 Å². The number of anilines is 1. The van der Waals surface area contributed by atoms with Crippen molar-refractivity contribution >= 4 is 22.4 Å². The van der Waals surface area contributed by atoms with E-state index in [0.29, 0.717) is 5.56 Å². The Hall–Kier alpha value is -3.48. The van der Waals surface area contributed by atoms with Crippen LogP contribution in [0.4, 0.5) is 5.13 Å². The third kappa shape index (κ3) is 5.61. The van der Waals surface area contributed by atoms with E-state index in [4.69, 9.17) is 4.98 Å². The zero-order chi connectivity index (χ0) is 24.2. The standard InChI is InChI=1S/C29H29N3O2S/c1-31(15-13-21-7-9-23(10-8-21)22-5-3-2-4-6-22)29-30-27(20-35-29)19-32-16-14-24-11-12-25(28(33)34)17-26(24)18-32/h2-12,17,20H,13-16,18-19H2,1H3,(H,33,34). The average Bonchev–Trinajstić information content (AvgIpc) is 3.36. The molecular formula is C29H29N3O2S. The van der Waals surface area contributed by atoms with Gasteiger partial charge in [0.1, 0.15) is 0 Å². The topological polar surface area (TPSA) is 56.7 Å². The molecule has 1 aromatic heterocycles. The number of hydrogen-bond donors (Lipinski definition) is 1. The van der Waals surface area contributed by atoms with Crippen LogP contribution < -0.4 is 4.90 Å². The van der Waals surface area contributed by atoms with E-state index in [-0.39, 0.29) is 0 Å². The maximum absolute atomic E-state index is 11.3. The lowest BCUT2D eigenvalue weighted by atomic mass is 9.97. The molecule has 0 atom stereocenters. The van der Waals surface area contributed by atoms with Crippen LogP contribution in [0.5, 0.6) is 0 Å². The molecule has 6 heteroatoms. The lowest BCUT2D eigenvalue weighted by molar-refractivity contribution is 0.0696. The van der Waals surface area contributed by atoms with Crippen molar-refractivity contribution in [2.75, 3.05) is 25.0 Å². The van der Waals surface area contributed by atoms with Crippen LogP contribution in [-0.4, -0.2) is 41.1 Å². The first kappa shape index (κ1) is 23.3. The van der Waals surface area contributed by atoms with Crippen LogP contribution in [0.2, 0.25) is 0 Å². The Kier molecular flexibility index (Phi) is 6.93. The van der Waals surface area contributed by atoms with E-state index in [2.05, 4.69) is 70.8 Å². The summed E-state index contributed by atoms with van der Waals surface area (Å²) in [6.45, 7) is 3.41. The van der Waals surface area contributed by atoms with Crippen LogP contribution in [0.3, 0.4) is 0 Å². The molecule has 0 saturated carbocycles. The van der Waals surface area contributed by atoms with Crippen molar-refractivity contribution in [3.63, 3.8) is 0 Å². The lowest BCUT2D eigenvalue weighted by Gasteiger charge is -2.28. The molecule has 0 fully saturated rings. The summed E-state index contributed by atoms with van der Waals surface area (Å²) in [5.41, 5.74) is 7.60. The number of carbonyl (C=O) groups is 1. The molecule has 3 aromatic carbocycles. The van der Waals surface area contributed by atoms with Gasteiger partial charge < -0.3 is 10.0 Å². The van der Waals surface area contributed by atoms with Crippen LogP contribution in [0, 0.1) is 0 Å². The predicted molar refractivity (Wildman–Crippen MR) is 142 cm³/mol. The number of hydrogen-bond acceptors (Lipinski definition) is 5. The molecule has 0 amide bonds. The molecule has 5 rings (SSSR count). The smallest absolute Gasteiger partial charge is 0.335 e. The van der Waals surface area contributed by atoms with E-state index < -0.39 is 5.97 Å². The fourth-order valence-electron chi connectivity index (χ4n) is 4.54. The van der Waals surface area contributed by atoms with Crippen molar-refractivity contribution in [1.82, 2.24) is 9.88 Å². The molecule has 5 nitrogen and oxygen atoms in total. The molecule has 0 radical (unpaired) electrons. The van der Waals surface area contributed by atoms with Crippen LogP contribution in [-0.2, 0) is 25.9 Å². The fourth-order valence-corrected chi connectivity index (χ4v) is 5.35. The molecule has 1 aliphatic heterocycles. The minimum absolute atomic E-state index is 0.359. The van der Waals surface area contributed by atoms with E-state index in [9.17, 15) is 9.90 Å². The number of likely N-dealkylation sites (N-methyl/N-ethyl adjacent to an activating group) is 1. The Labute approximate surface area is 210 Å². The molecule has 1 aliphatic rings. The van der Waals surface area contributed by atoms with Gasteiger partial charge in [0, 0.05) is 38.6 Å². The van der Waals surface area contributed by atoms with Gasteiger partial charge in [-0.25, -0.2) is 9.78 Å². The maximum Gasteiger partial charge on any atom is 0.335 e. The van der Waals surface area contributed by atoms with Crippen molar-refractivity contribution in [1.29, 1.82) is 0 Å². The largest absolute Gasteiger partial charge is 0.478 e. The second-order valence-corrected chi connectivity index (χ2v) is 9.94. The zero-order valence-corrected chi connectivity index (χ0v) is 20.7. The van der Waals surface area contributed by atoms with Crippen molar-refractivity contribution in [2.45, 2.75) is 25.9 Å². The van der Waals surface area contributed by atoms with Crippen molar-refractivity contribution in [2.24, 2.45) is 0 Å². The molecular weight excluding hydrogens is 454 g/mol. The monoisotopic (exact) mass is 483 g/mol. The van der Waals surface area contributed by atoms with Crippen molar-refractivity contribution < 1.29 is 9.90 Å². The normalized spacial score (nSPS) is 13.4. The highest BCUT2D eigenvalue weighted by Crippen LogP contribution is 2.25. The number of carboxylic acids is 1. The van der Waals surface area contributed by atoms with Gasteiger partial charge in [-0.15, -0.1) is 11.3 Å². The van der Waals surface area contributed by atoms with E-state index in [1.807, 2.05) is 18.2 Å². The third-order valence-electron chi connectivity index (χ3n) is 6.59. The molecule has 0 spiro atoms. The summed E-state index contributed by atoms with van der Waals surface area (Å²) in [4.78, 5) is 20.8. The Balaban J connectivity index is 1.15. The van der Waals surface area contributed by atoms with Gasteiger partial charge in [0.05, 0.1) is 11.3 Å². The third-order valence-corrected chi connectivity index (χ3v) is 7.60. The number of benzene rings is 3. The van der Waals surface area contributed by atoms with Gasteiger partial charge in [-0.1, -0.05) is 60.7 Å². The van der Waals surface area contributed by atoms with Crippen LogP contribution in [0.1, 0.15) is 32.7 Å². The second-order valence-electron chi connectivity index (χ2n) is 9.11. The molecule has 35 heavy (non-hydrogen) atoms. The molecule has 4 aromatic rings. The number of aromatic carboxylic acids is 1. The van der Waals surface area contributed by atoms with Crippen LogP contribution in [0.25, 0.3) is 11.1 Å². The number of aromatic nitrogens is 1. The Bertz CT molecular complexity index is 1300. The molecule has 0 bridgehead atoms. The van der Waals surface area contributed by atoms with E-state index >= 15 is 0 Å². The van der Waals surface area contributed by atoms with E-state index in [1.165, 1.54) is 22.3 Å². The zero-order valence-electron chi connectivity index (χ0n) is 19.9. The highest BCUT2D eigenvalue weighted by atomic mass is 32.1. The van der Waals surface area contributed by atoms with Gasteiger partial charge >= 0.3 is 5.97 Å². The van der Waals surface area contributed by atoms with Gasteiger partial charge in [-0.2, -0.15) is 0 Å². The van der Waals surface area contributed by atoms with Gasteiger partial charge in [0.15, 0.2) is 5.13 Å². The fraction of sp³-hybridized carbons (Fsp3) is 0.241. The summed E-state index contributed by atoms with van der Waals surface area (Å²) in [6.07, 6.45) is 1.91. The van der Waals surface area contributed by atoms with Crippen molar-refractivity contribution in [3.05, 3.63) is 106 Å². The highest BCUT2D eigenvalue weighted by Gasteiger charge is 2.19. The maximum atomic E-state index is 11.3. The number of rotatable bonds is 8.